The fourth-order valence-electron chi connectivity index (χ4n) is 2.55. The monoisotopic (exact) mass is 373 g/mol. The van der Waals surface area contributed by atoms with Crippen molar-refractivity contribution in [2.45, 2.75) is 13.3 Å². The SMILES string of the molecule is COc1ccc(CCNC(=O)C(=COCF)c2ccc(C)cc2)cc1OC. The zero-order valence-corrected chi connectivity index (χ0v) is 15.8. The van der Waals surface area contributed by atoms with Gasteiger partial charge in [0.2, 0.25) is 6.86 Å². The lowest BCUT2D eigenvalue weighted by Gasteiger charge is -2.11. The molecule has 2 rings (SSSR count). The average molecular weight is 373 g/mol. The molecule has 0 aliphatic carbocycles. The quantitative estimate of drug-likeness (QED) is 0.538. The van der Waals surface area contributed by atoms with Crippen LogP contribution in [-0.4, -0.2) is 33.5 Å². The maximum atomic E-state index is 12.5. The standard InChI is InChI=1S/C21H24FNO4/c1-15-4-7-17(8-5-15)18(13-27-14-22)21(24)23-11-10-16-6-9-19(25-2)20(12-16)26-3/h4-9,12-13H,10-11,14H2,1-3H3,(H,23,24). The van der Waals surface area contributed by atoms with Gasteiger partial charge in [0.25, 0.3) is 5.91 Å². The zero-order valence-electron chi connectivity index (χ0n) is 15.8. The molecule has 2 aromatic carbocycles. The van der Waals surface area contributed by atoms with Gasteiger partial charge in [0.05, 0.1) is 26.1 Å². The maximum absolute atomic E-state index is 12.5. The third-order valence-electron chi connectivity index (χ3n) is 4.02. The molecule has 0 radical (unpaired) electrons. The highest BCUT2D eigenvalue weighted by Gasteiger charge is 2.13. The van der Waals surface area contributed by atoms with E-state index in [9.17, 15) is 9.18 Å². The van der Waals surface area contributed by atoms with Crippen LogP contribution < -0.4 is 14.8 Å². The van der Waals surface area contributed by atoms with Crippen molar-refractivity contribution in [2.24, 2.45) is 0 Å². The highest BCUT2D eigenvalue weighted by Crippen LogP contribution is 2.27. The molecule has 0 aliphatic rings. The first kappa shape index (κ1) is 20.3. The largest absolute Gasteiger partial charge is 0.493 e. The van der Waals surface area contributed by atoms with Crippen LogP contribution in [-0.2, 0) is 16.0 Å². The molecule has 0 spiro atoms. The van der Waals surface area contributed by atoms with E-state index in [2.05, 4.69) is 5.32 Å². The molecule has 1 amide bonds. The predicted molar refractivity (Wildman–Crippen MR) is 102 cm³/mol. The Balaban J connectivity index is 2.02. The van der Waals surface area contributed by atoms with E-state index in [1.54, 1.807) is 26.4 Å². The number of carbonyl (C=O) groups is 1. The minimum atomic E-state index is -0.992. The minimum Gasteiger partial charge on any atom is -0.493 e. The van der Waals surface area contributed by atoms with Crippen LogP contribution in [0.5, 0.6) is 11.5 Å². The topological polar surface area (TPSA) is 56.8 Å². The summed E-state index contributed by atoms with van der Waals surface area (Å²) in [5, 5.41) is 2.84. The van der Waals surface area contributed by atoms with Crippen LogP contribution in [0.2, 0.25) is 0 Å². The number of nitrogens with one attached hydrogen (secondary N) is 1. The van der Waals surface area contributed by atoms with Crippen LogP contribution >= 0.6 is 0 Å². The van der Waals surface area contributed by atoms with Gasteiger partial charge in [0, 0.05) is 6.54 Å². The molecule has 0 aromatic heterocycles. The maximum Gasteiger partial charge on any atom is 0.255 e. The second-order valence-corrected chi connectivity index (χ2v) is 5.87. The molecule has 2 aromatic rings. The number of aryl methyl sites for hydroxylation is 1. The number of halogens is 1. The fraction of sp³-hybridized carbons (Fsp3) is 0.286. The highest BCUT2D eigenvalue weighted by molar-refractivity contribution is 6.19. The van der Waals surface area contributed by atoms with Gasteiger partial charge < -0.3 is 19.5 Å². The Hall–Kier alpha value is -3.02. The number of hydrogen-bond acceptors (Lipinski definition) is 4. The van der Waals surface area contributed by atoms with E-state index >= 15 is 0 Å². The Morgan fingerprint density at radius 3 is 2.41 bits per heavy atom. The molecular formula is C21H24FNO4. The number of methoxy groups -OCH3 is 2. The van der Waals surface area contributed by atoms with Crippen molar-refractivity contribution in [3.8, 4) is 11.5 Å². The molecule has 5 nitrogen and oxygen atoms in total. The van der Waals surface area contributed by atoms with E-state index < -0.39 is 6.86 Å². The number of alkyl halides is 1. The number of rotatable bonds is 9. The first-order valence-corrected chi connectivity index (χ1v) is 8.53. The van der Waals surface area contributed by atoms with Crippen molar-refractivity contribution in [1.82, 2.24) is 5.32 Å². The van der Waals surface area contributed by atoms with Crippen LogP contribution in [0.25, 0.3) is 5.57 Å². The smallest absolute Gasteiger partial charge is 0.255 e. The summed E-state index contributed by atoms with van der Waals surface area (Å²) in [6, 6.07) is 13.0. The first-order chi connectivity index (χ1) is 13.1. The van der Waals surface area contributed by atoms with Crippen molar-refractivity contribution in [2.75, 3.05) is 27.6 Å². The van der Waals surface area contributed by atoms with Crippen molar-refractivity contribution in [3.63, 3.8) is 0 Å². The van der Waals surface area contributed by atoms with Crippen molar-refractivity contribution in [1.29, 1.82) is 0 Å². The van der Waals surface area contributed by atoms with Gasteiger partial charge in [-0.3, -0.25) is 4.79 Å². The second kappa shape index (κ2) is 10.2. The Morgan fingerprint density at radius 2 is 1.78 bits per heavy atom. The molecule has 6 heteroatoms. The molecule has 1 N–H and O–H groups in total. The lowest BCUT2D eigenvalue weighted by Crippen LogP contribution is -2.26. The van der Waals surface area contributed by atoms with Crippen molar-refractivity contribution >= 4 is 11.5 Å². The molecule has 0 unspecified atom stereocenters. The predicted octanol–water partition coefficient (Wildman–Crippen LogP) is 3.66. The summed E-state index contributed by atoms with van der Waals surface area (Å²) < 4.78 is 27.6. The Morgan fingerprint density at radius 1 is 1.07 bits per heavy atom. The molecule has 0 fully saturated rings. The summed E-state index contributed by atoms with van der Waals surface area (Å²) in [4.78, 5) is 12.5. The van der Waals surface area contributed by atoms with E-state index in [1.807, 2.05) is 37.3 Å². The molecular weight excluding hydrogens is 349 g/mol. The number of carbonyl (C=O) groups excluding carboxylic acids is 1. The Kier molecular flexibility index (Phi) is 7.67. The van der Waals surface area contributed by atoms with Crippen LogP contribution in [0.15, 0.2) is 48.7 Å². The summed E-state index contributed by atoms with van der Waals surface area (Å²) in [7, 11) is 3.16. The van der Waals surface area contributed by atoms with Crippen LogP contribution in [0, 0.1) is 6.92 Å². The summed E-state index contributed by atoms with van der Waals surface area (Å²) >= 11 is 0. The Labute approximate surface area is 158 Å². The second-order valence-electron chi connectivity index (χ2n) is 5.87. The summed E-state index contributed by atoms with van der Waals surface area (Å²) in [5.74, 6) is 0.962. The van der Waals surface area contributed by atoms with Gasteiger partial charge in [-0.15, -0.1) is 0 Å². The van der Waals surface area contributed by atoms with Gasteiger partial charge in [-0.2, -0.15) is 0 Å². The van der Waals surface area contributed by atoms with Gasteiger partial charge >= 0.3 is 0 Å². The number of amides is 1. The average Bonchev–Trinajstić information content (AvgIpc) is 2.69. The van der Waals surface area contributed by atoms with E-state index in [-0.39, 0.29) is 11.5 Å². The zero-order chi connectivity index (χ0) is 19.6. The first-order valence-electron chi connectivity index (χ1n) is 8.53. The Bertz CT molecular complexity index is 787. The van der Waals surface area contributed by atoms with E-state index in [0.29, 0.717) is 30.0 Å². The molecule has 144 valence electrons. The fourth-order valence-corrected chi connectivity index (χ4v) is 2.55. The molecule has 27 heavy (non-hydrogen) atoms. The van der Waals surface area contributed by atoms with E-state index in [4.69, 9.17) is 14.2 Å². The van der Waals surface area contributed by atoms with Gasteiger partial charge in [-0.1, -0.05) is 35.9 Å². The number of hydrogen-bond donors (Lipinski definition) is 1. The molecule has 0 atom stereocenters. The number of benzene rings is 2. The summed E-state index contributed by atoms with van der Waals surface area (Å²) in [6.07, 6.45) is 1.76. The van der Waals surface area contributed by atoms with Gasteiger partial charge in [-0.25, -0.2) is 4.39 Å². The van der Waals surface area contributed by atoms with Gasteiger partial charge in [-0.05, 0) is 36.6 Å². The van der Waals surface area contributed by atoms with Crippen LogP contribution in [0.3, 0.4) is 0 Å². The lowest BCUT2D eigenvalue weighted by atomic mass is 10.0. The van der Waals surface area contributed by atoms with E-state index in [0.717, 1.165) is 17.4 Å². The molecule has 0 heterocycles. The van der Waals surface area contributed by atoms with Gasteiger partial charge in [0.15, 0.2) is 11.5 Å². The summed E-state index contributed by atoms with van der Waals surface area (Å²) in [6.45, 7) is 1.37. The third-order valence-corrected chi connectivity index (χ3v) is 4.02. The van der Waals surface area contributed by atoms with Gasteiger partial charge in [0.1, 0.15) is 0 Å². The molecule has 0 aliphatic heterocycles. The normalized spacial score (nSPS) is 11.0. The molecule has 0 saturated heterocycles. The third kappa shape index (κ3) is 5.74. The molecule has 0 bridgehead atoms. The van der Waals surface area contributed by atoms with Crippen molar-refractivity contribution < 1.29 is 23.4 Å². The van der Waals surface area contributed by atoms with Crippen LogP contribution in [0.1, 0.15) is 16.7 Å². The van der Waals surface area contributed by atoms with Crippen LogP contribution in [0.4, 0.5) is 4.39 Å². The summed E-state index contributed by atoms with van der Waals surface area (Å²) in [5.41, 5.74) is 3.00. The number of ether oxygens (including phenoxy) is 3. The highest BCUT2D eigenvalue weighted by atomic mass is 19.1. The molecule has 0 saturated carbocycles. The lowest BCUT2D eigenvalue weighted by molar-refractivity contribution is -0.115. The minimum absolute atomic E-state index is 0.278. The van der Waals surface area contributed by atoms with E-state index in [1.165, 1.54) is 0 Å². The van der Waals surface area contributed by atoms with Crippen molar-refractivity contribution in [3.05, 3.63) is 65.4 Å².